The molecule has 3 N–H and O–H groups in total. The molecule has 0 aromatic heterocycles. The molecule has 0 aliphatic heterocycles. The van der Waals surface area contributed by atoms with E-state index in [0.717, 1.165) is 39.3 Å². The summed E-state index contributed by atoms with van der Waals surface area (Å²) < 4.78 is 5.28. The van der Waals surface area contributed by atoms with Gasteiger partial charge in [-0.15, -0.1) is 0 Å². The number of aliphatic hydroxyl groups is 1. The average Bonchev–Trinajstić information content (AvgIpc) is 2.22. The molecule has 14 heavy (non-hydrogen) atoms. The summed E-state index contributed by atoms with van der Waals surface area (Å²) >= 11 is 0. The molecule has 0 aromatic carbocycles. The first kappa shape index (κ1) is 13.8. The van der Waals surface area contributed by atoms with Crippen molar-refractivity contribution >= 4 is 0 Å². The lowest BCUT2D eigenvalue weighted by Crippen LogP contribution is -2.34. The Morgan fingerprint density at radius 2 is 2.07 bits per heavy atom. The van der Waals surface area contributed by atoms with Crippen LogP contribution in [0.4, 0.5) is 0 Å². The first-order valence-corrected chi connectivity index (χ1v) is 5.41. The van der Waals surface area contributed by atoms with Gasteiger partial charge in [-0.1, -0.05) is 6.92 Å². The van der Waals surface area contributed by atoms with E-state index in [-0.39, 0.29) is 12.6 Å². The molecular weight excluding hydrogens is 180 g/mol. The van der Waals surface area contributed by atoms with Crippen LogP contribution in [0.3, 0.4) is 0 Å². The van der Waals surface area contributed by atoms with Crippen molar-refractivity contribution in [3.05, 3.63) is 0 Å². The second kappa shape index (κ2) is 9.40. The molecule has 0 aromatic rings. The van der Waals surface area contributed by atoms with Crippen LogP contribution in [0.15, 0.2) is 0 Å². The predicted molar refractivity (Wildman–Crippen MR) is 58.3 cm³/mol. The molecule has 0 rings (SSSR count). The van der Waals surface area contributed by atoms with Gasteiger partial charge in [-0.25, -0.2) is 0 Å². The van der Waals surface area contributed by atoms with E-state index in [4.69, 9.17) is 15.6 Å². The van der Waals surface area contributed by atoms with E-state index in [1.165, 1.54) is 0 Å². The van der Waals surface area contributed by atoms with Crippen molar-refractivity contribution in [3.63, 3.8) is 0 Å². The smallest absolute Gasteiger partial charge is 0.0593 e. The summed E-state index contributed by atoms with van der Waals surface area (Å²) in [5.74, 6) is 0. The van der Waals surface area contributed by atoms with Gasteiger partial charge in [-0.05, 0) is 26.4 Å². The summed E-state index contributed by atoms with van der Waals surface area (Å²) in [6, 6.07) is -0.0869. The van der Waals surface area contributed by atoms with Crippen LogP contribution in [0, 0.1) is 0 Å². The fourth-order valence-corrected chi connectivity index (χ4v) is 1.21. The first-order valence-electron chi connectivity index (χ1n) is 5.41. The summed E-state index contributed by atoms with van der Waals surface area (Å²) in [5, 5.41) is 8.77. The van der Waals surface area contributed by atoms with Crippen molar-refractivity contribution in [3.8, 4) is 0 Å². The van der Waals surface area contributed by atoms with E-state index in [1.807, 2.05) is 6.92 Å². The number of hydrogen-bond donors (Lipinski definition) is 2. The predicted octanol–water partition coefficient (Wildman–Crippen LogP) is 0.0545. The molecule has 4 heteroatoms. The molecule has 0 amide bonds. The molecule has 0 aliphatic rings. The summed E-state index contributed by atoms with van der Waals surface area (Å²) in [6.07, 6.45) is 0.844. The normalized spacial score (nSPS) is 13.5. The Bertz CT molecular complexity index is 123. The van der Waals surface area contributed by atoms with Gasteiger partial charge in [0.15, 0.2) is 0 Å². The highest BCUT2D eigenvalue weighted by molar-refractivity contribution is 4.63. The van der Waals surface area contributed by atoms with Gasteiger partial charge < -0.3 is 20.5 Å². The molecule has 0 aliphatic carbocycles. The molecule has 4 nitrogen and oxygen atoms in total. The topological polar surface area (TPSA) is 58.7 Å². The largest absolute Gasteiger partial charge is 0.395 e. The van der Waals surface area contributed by atoms with Gasteiger partial charge in [-0.2, -0.15) is 0 Å². The number of nitrogens with two attached hydrogens (primary N) is 1. The third-order valence-corrected chi connectivity index (χ3v) is 2.25. The van der Waals surface area contributed by atoms with Gasteiger partial charge in [0.25, 0.3) is 0 Å². The van der Waals surface area contributed by atoms with Crippen molar-refractivity contribution in [1.29, 1.82) is 0 Å². The lowest BCUT2D eigenvalue weighted by Gasteiger charge is -2.21. The Balaban J connectivity index is 3.47. The zero-order valence-electron chi connectivity index (χ0n) is 9.41. The number of likely N-dealkylation sites (N-methyl/N-ethyl adjacent to an activating group) is 1. The van der Waals surface area contributed by atoms with Gasteiger partial charge >= 0.3 is 0 Å². The number of aliphatic hydroxyl groups excluding tert-OH is 1. The van der Waals surface area contributed by atoms with Gasteiger partial charge in [0, 0.05) is 19.2 Å². The molecule has 86 valence electrons. The Morgan fingerprint density at radius 3 is 2.57 bits per heavy atom. The number of ether oxygens (including phenoxy) is 1. The Kier molecular flexibility index (Phi) is 9.29. The monoisotopic (exact) mass is 204 g/mol. The number of hydrogen-bond acceptors (Lipinski definition) is 4. The van der Waals surface area contributed by atoms with Crippen LogP contribution in [0.2, 0.25) is 0 Å². The van der Waals surface area contributed by atoms with Gasteiger partial charge in [0.2, 0.25) is 0 Å². The minimum Gasteiger partial charge on any atom is -0.395 e. The highest BCUT2D eigenvalue weighted by atomic mass is 16.5. The van der Waals surface area contributed by atoms with Crippen molar-refractivity contribution in [2.75, 3.05) is 39.5 Å². The number of nitrogens with zero attached hydrogens (tertiary/aromatic N) is 1. The van der Waals surface area contributed by atoms with E-state index in [0.29, 0.717) is 0 Å². The molecule has 0 saturated heterocycles. The van der Waals surface area contributed by atoms with Crippen molar-refractivity contribution in [2.45, 2.75) is 26.3 Å². The van der Waals surface area contributed by atoms with Gasteiger partial charge in [0.05, 0.1) is 13.2 Å². The minimum absolute atomic E-state index is 0.0724. The second-order valence-electron chi connectivity index (χ2n) is 3.36. The molecule has 1 atom stereocenters. The summed E-state index contributed by atoms with van der Waals surface area (Å²) in [4.78, 5) is 2.28. The van der Waals surface area contributed by atoms with Crippen LogP contribution in [-0.4, -0.2) is 55.5 Å². The molecule has 0 spiro atoms. The van der Waals surface area contributed by atoms with E-state index in [9.17, 15) is 0 Å². The van der Waals surface area contributed by atoms with E-state index in [1.54, 1.807) is 0 Å². The zero-order valence-corrected chi connectivity index (χ0v) is 9.41. The van der Waals surface area contributed by atoms with Crippen molar-refractivity contribution in [2.24, 2.45) is 5.73 Å². The first-order chi connectivity index (χ1) is 6.74. The van der Waals surface area contributed by atoms with Crippen molar-refractivity contribution < 1.29 is 9.84 Å². The SMILES string of the molecule is CCOCCN(CC)CCC(N)CO. The minimum atomic E-state index is -0.0869. The summed E-state index contributed by atoms with van der Waals surface area (Å²) in [5.41, 5.74) is 5.62. The fraction of sp³-hybridized carbons (Fsp3) is 1.00. The lowest BCUT2D eigenvalue weighted by atomic mass is 10.2. The van der Waals surface area contributed by atoms with Crippen molar-refractivity contribution in [1.82, 2.24) is 4.90 Å². The average molecular weight is 204 g/mol. The Labute approximate surface area is 87.0 Å². The molecule has 0 saturated carbocycles. The van der Waals surface area contributed by atoms with E-state index in [2.05, 4.69) is 11.8 Å². The third kappa shape index (κ3) is 7.26. The molecule has 0 fully saturated rings. The van der Waals surface area contributed by atoms with Crippen LogP contribution in [0.5, 0.6) is 0 Å². The Hall–Kier alpha value is -0.160. The van der Waals surface area contributed by atoms with Crippen LogP contribution >= 0.6 is 0 Å². The molecule has 1 unspecified atom stereocenters. The van der Waals surface area contributed by atoms with E-state index < -0.39 is 0 Å². The fourth-order valence-electron chi connectivity index (χ4n) is 1.21. The second-order valence-corrected chi connectivity index (χ2v) is 3.36. The standard InChI is InChI=1S/C10H24N2O2/c1-3-12(7-8-14-4-2)6-5-10(11)9-13/h10,13H,3-9,11H2,1-2H3. The highest BCUT2D eigenvalue weighted by Gasteiger charge is 2.05. The summed E-state index contributed by atoms with van der Waals surface area (Å²) in [7, 11) is 0. The van der Waals surface area contributed by atoms with E-state index >= 15 is 0 Å². The number of rotatable bonds is 9. The highest BCUT2D eigenvalue weighted by Crippen LogP contribution is 1.94. The van der Waals surface area contributed by atoms with Crippen LogP contribution in [0.1, 0.15) is 20.3 Å². The lowest BCUT2D eigenvalue weighted by molar-refractivity contribution is 0.113. The Morgan fingerprint density at radius 1 is 1.36 bits per heavy atom. The molecule has 0 radical (unpaired) electrons. The zero-order chi connectivity index (χ0) is 10.8. The maximum atomic E-state index is 8.77. The van der Waals surface area contributed by atoms with Crippen LogP contribution in [0.25, 0.3) is 0 Å². The third-order valence-electron chi connectivity index (χ3n) is 2.25. The molecule has 0 heterocycles. The molecular formula is C10H24N2O2. The maximum absolute atomic E-state index is 8.77. The maximum Gasteiger partial charge on any atom is 0.0593 e. The quantitative estimate of drug-likeness (QED) is 0.521. The van der Waals surface area contributed by atoms with Crippen LogP contribution < -0.4 is 5.73 Å². The van der Waals surface area contributed by atoms with Crippen LogP contribution in [-0.2, 0) is 4.74 Å². The van der Waals surface area contributed by atoms with Gasteiger partial charge in [-0.3, -0.25) is 0 Å². The molecule has 0 bridgehead atoms. The van der Waals surface area contributed by atoms with Gasteiger partial charge in [0.1, 0.15) is 0 Å². The summed E-state index contributed by atoms with van der Waals surface area (Å²) in [6.45, 7) is 8.63.